The van der Waals surface area contributed by atoms with Crippen LogP contribution in [-0.2, 0) is 12.7 Å². The number of alkyl halides is 3. The summed E-state index contributed by atoms with van der Waals surface area (Å²) in [4.78, 5) is 17.9. The van der Waals surface area contributed by atoms with E-state index in [-0.39, 0.29) is 35.9 Å². The first kappa shape index (κ1) is 28.3. The summed E-state index contributed by atoms with van der Waals surface area (Å²) in [6, 6.07) is 28.1. The molecule has 4 aromatic rings. The minimum Gasteiger partial charge on any atom is -0.490 e. The lowest BCUT2D eigenvalue weighted by Gasteiger charge is -2.39. The maximum atomic E-state index is 13.6. The highest BCUT2D eigenvalue weighted by Crippen LogP contribution is 2.39. The van der Waals surface area contributed by atoms with Crippen LogP contribution < -0.4 is 4.74 Å². The highest BCUT2D eigenvalue weighted by molar-refractivity contribution is 5.95. The van der Waals surface area contributed by atoms with E-state index in [0.29, 0.717) is 18.4 Å². The number of fused-ring (bicyclic) bond motifs is 3. The molecule has 4 nitrogen and oxygen atoms in total. The fraction of sp³-hybridized carbons (Fsp3) is 0.343. The number of hydrogen-bond acceptors (Lipinski definition) is 3. The summed E-state index contributed by atoms with van der Waals surface area (Å²) in [5, 5.41) is 2.50. The first-order valence-corrected chi connectivity index (χ1v) is 14.6. The normalized spacial score (nSPS) is 21.1. The number of carbonyl (C=O) groups excluding carboxylic acids is 1. The molecule has 2 heterocycles. The zero-order valence-electron chi connectivity index (χ0n) is 23.9. The highest BCUT2D eigenvalue weighted by Gasteiger charge is 2.44. The number of halogens is 3. The molecule has 2 saturated heterocycles. The summed E-state index contributed by atoms with van der Waals surface area (Å²) in [5.41, 5.74) is 2.38. The molecule has 2 bridgehead atoms. The van der Waals surface area contributed by atoms with Crippen LogP contribution in [0.25, 0.3) is 10.8 Å². The van der Waals surface area contributed by atoms with E-state index in [9.17, 15) is 18.0 Å². The molecule has 42 heavy (non-hydrogen) atoms. The molecule has 2 aliphatic heterocycles. The summed E-state index contributed by atoms with van der Waals surface area (Å²) < 4.78 is 45.4. The molecule has 2 unspecified atom stereocenters. The van der Waals surface area contributed by atoms with E-state index in [1.165, 1.54) is 22.4 Å². The second-order valence-corrected chi connectivity index (χ2v) is 11.7. The largest absolute Gasteiger partial charge is 0.490 e. The molecule has 4 aromatic carbocycles. The van der Waals surface area contributed by atoms with Crippen LogP contribution in [0.3, 0.4) is 0 Å². The van der Waals surface area contributed by atoms with Crippen LogP contribution in [0, 0.1) is 0 Å². The highest BCUT2D eigenvalue weighted by atomic mass is 19.4. The maximum absolute atomic E-state index is 13.6. The van der Waals surface area contributed by atoms with Crippen molar-refractivity contribution in [1.29, 1.82) is 0 Å². The third kappa shape index (κ3) is 5.75. The molecule has 2 aliphatic rings. The Balaban J connectivity index is 1.08. The predicted molar refractivity (Wildman–Crippen MR) is 158 cm³/mol. The lowest BCUT2D eigenvalue weighted by molar-refractivity contribution is -0.137. The maximum Gasteiger partial charge on any atom is 0.416 e. The number of carbonyl (C=O) groups is 1. The molecule has 2 fully saturated rings. The summed E-state index contributed by atoms with van der Waals surface area (Å²) in [7, 11) is 2.12. The van der Waals surface area contributed by atoms with Gasteiger partial charge < -0.3 is 9.64 Å². The number of rotatable bonds is 7. The van der Waals surface area contributed by atoms with Gasteiger partial charge in [0.2, 0.25) is 0 Å². The van der Waals surface area contributed by atoms with Crippen molar-refractivity contribution in [1.82, 2.24) is 9.80 Å². The zero-order chi connectivity index (χ0) is 29.4. The van der Waals surface area contributed by atoms with Crippen LogP contribution >= 0.6 is 0 Å². The Morgan fingerprint density at radius 3 is 2.31 bits per heavy atom. The minimum atomic E-state index is -4.41. The van der Waals surface area contributed by atoms with Crippen LogP contribution in [0.1, 0.15) is 65.7 Å². The van der Waals surface area contributed by atoms with Gasteiger partial charge in [-0.25, -0.2) is 0 Å². The number of piperidine rings is 1. The molecule has 1 amide bonds. The Morgan fingerprint density at radius 2 is 1.60 bits per heavy atom. The summed E-state index contributed by atoms with van der Waals surface area (Å²) in [5.74, 6) is 0.244. The first-order chi connectivity index (χ1) is 20.2. The molecule has 6 rings (SSSR count). The van der Waals surface area contributed by atoms with Crippen LogP contribution in [0.4, 0.5) is 13.2 Å². The molecular weight excluding hydrogens is 537 g/mol. The van der Waals surface area contributed by atoms with Crippen molar-refractivity contribution in [3.05, 3.63) is 113 Å². The van der Waals surface area contributed by atoms with E-state index in [1.807, 2.05) is 29.2 Å². The molecule has 0 N–H and O–H groups in total. The van der Waals surface area contributed by atoms with Crippen molar-refractivity contribution >= 4 is 16.7 Å². The fourth-order valence-corrected chi connectivity index (χ4v) is 6.67. The zero-order valence-corrected chi connectivity index (χ0v) is 23.9. The minimum absolute atomic E-state index is 0.0176. The molecule has 7 heteroatoms. The molecule has 0 aromatic heterocycles. The van der Waals surface area contributed by atoms with Crippen LogP contribution in [0.5, 0.6) is 5.75 Å². The smallest absolute Gasteiger partial charge is 0.416 e. The Bertz CT molecular complexity index is 1550. The standard InChI is InChI=1S/C35H35F3N2O2/c1-23(32-12-5-8-25-7-3-4-11-33(25)32)39(2)22-24-13-15-26(16-14-24)34(41)40-28-17-18-29(40)21-31(20-28)42-30-10-6-9-27(19-30)35(36,37)38/h3-16,19,23,28-29,31H,17-18,20-22H2,1-2H3/t23-,28?,29?,31?/m0/s1. The second-order valence-electron chi connectivity index (χ2n) is 11.7. The molecule has 218 valence electrons. The lowest BCUT2D eigenvalue weighted by Crippen LogP contribution is -2.49. The SMILES string of the molecule is C[C@@H](c1cccc2ccccc12)N(C)Cc1ccc(C(=O)N2C3CCC2CC(Oc2cccc(C(F)(F)F)c2)C3)cc1. The quantitative estimate of drug-likeness (QED) is 0.224. The van der Waals surface area contributed by atoms with E-state index >= 15 is 0 Å². The summed E-state index contributed by atoms with van der Waals surface area (Å²) in [6.07, 6.45) is -1.62. The van der Waals surface area contributed by atoms with Crippen LogP contribution in [0.15, 0.2) is 91.0 Å². The van der Waals surface area contributed by atoms with E-state index in [1.54, 1.807) is 6.07 Å². The topological polar surface area (TPSA) is 32.8 Å². The van der Waals surface area contributed by atoms with Crippen LogP contribution in [-0.4, -0.2) is 40.9 Å². The van der Waals surface area contributed by atoms with Gasteiger partial charge in [-0.05, 0) is 79.0 Å². The van der Waals surface area contributed by atoms with Crippen molar-refractivity contribution in [3.8, 4) is 5.75 Å². The number of benzene rings is 4. The van der Waals surface area contributed by atoms with Gasteiger partial charge in [0.05, 0.1) is 5.56 Å². The lowest BCUT2D eigenvalue weighted by atomic mass is 9.97. The van der Waals surface area contributed by atoms with Gasteiger partial charge >= 0.3 is 6.18 Å². The Hall–Kier alpha value is -3.84. The molecular formula is C35H35F3N2O2. The summed E-state index contributed by atoms with van der Waals surface area (Å²) in [6.45, 7) is 2.97. The molecule has 3 atom stereocenters. The Kier molecular flexibility index (Phi) is 7.71. The third-order valence-corrected chi connectivity index (χ3v) is 8.96. The van der Waals surface area contributed by atoms with E-state index in [4.69, 9.17) is 4.74 Å². The first-order valence-electron chi connectivity index (χ1n) is 14.6. The number of nitrogens with zero attached hydrogens (tertiary/aromatic N) is 2. The van der Waals surface area contributed by atoms with Crippen molar-refractivity contribution in [3.63, 3.8) is 0 Å². The number of amides is 1. The van der Waals surface area contributed by atoms with Crippen molar-refractivity contribution < 1.29 is 22.7 Å². The Labute approximate surface area is 244 Å². The average Bonchev–Trinajstić information content (AvgIpc) is 3.26. The molecule has 0 saturated carbocycles. The van der Waals surface area contributed by atoms with E-state index < -0.39 is 11.7 Å². The van der Waals surface area contributed by atoms with E-state index in [0.717, 1.165) is 37.1 Å². The predicted octanol–water partition coefficient (Wildman–Crippen LogP) is 8.27. The van der Waals surface area contributed by atoms with Crippen molar-refractivity contribution in [2.24, 2.45) is 0 Å². The third-order valence-electron chi connectivity index (χ3n) is 8.96. The van der Waals surface area contributed by atoms with Crippen molar-refractivity contribution in [2.45, 2.75) is 69.6 Å². The second kappa shape index (κ2) is 11.4. The van der Waals surface area contributed by atoms with Gasteiger partial charge in [-0.1, -0.05) is 60.7 Å². The van der Waals surface area contributed by atoms with Gasteiger partial charge in [0, 0.05) is 43.1 Å². The Morgan fingerprint density at radius 1 is 0.929 bits per heavy atom. The van der Waals surface area contributed by atoms with Gasteiger partial charge in [-0.15, -0.1) is 0 Å². The fourth-order valence-electron chi connectivity index (χ4n) is 6.67. The van der Waals surface area contributed by atoms with Gasteiger partial charge in [0.25, 0.3) is 5.91 Å². The van der Waals surface area contributed by atoms with Gasteiger partial charge in [0.1, 0.15) is 11.9 Å². The molecule has 0 spiro atoms. The van der Waals surface area contributed by atoms with Gasteiger partial charge in [-0.3, -0.25) is 9.69 Å². The van der Waals surface area contributed by atoms with Crippen LogP contribution in [0.2, 0.25) is 0 Å². The van der Waals surface area contributed by atoms with Gasteiger partial charge in [0.15, 0.2) is 0 Å². The van der Waals surface area contributed by atoms with Crippen molar-refractivity contribution in [2.75, 3.05) is 7.05 Å². The molecule has 0 radical (unpaired) electrons. The number of hydrogen-bond donors (Lipinski definition) is 0. The number of ether oxygens (including phenoxy) is 1. The summed E-state index contributed by atoms with van der Waals surface area (Å²) >= 11 is 0. The monoisotopic (exact) mass is 572 g/mol. The van der Waals surface area contributed by atoms with Gasteiger partial charge in [-0.2, -0.15) is 13.2 Å². The molecule has 0 aliphatic carbocycles. The average molecular weight is 573 g/mol. The van der Waals surface area contributed by atoms with E-state index in [2.05, 4.69) is 61.3 Å².